The van der Waals surface area contributed by atoms with E-state index in [1.54, 1.807) is 24.3 Å². The van der Waals surface area contributed by atoms with Gasteiger partial charge in [-0.25, -0.2) is 14.3 Å². The van der Waals surface area contributed by atoms with Gasteiger partial charge in [0.25, 0.3) is 0 Å². The SMILES string of the molecule is NC(=Nc1ccccc1)[C@@H]1CC(=O)N(c2ccc(F)cc2)C1=O. The van der Waals surface area contributed by atoms with Crippen LogP contribution in [0.3, 0.4) is 0 Å². The zero-order chi connectivity index (χ0) is 16.4. The van der Waals surface area contributed by atoms with Gasteiger partial charge >= 0.3 is 0 Å². The summed E-state index contributed by atoms with van der Waals surface area (Å²) in [6.45, 7) is 0. The summed E-state index contributed by atoms with van der Waals surface area (Å²) in [6, 6.07) is 14.1. The van der Waals surface area contributed by atoms with Gasteiger partial charge < -0.3 is 5.73 Å². The highest BCUT2D eigenvalue weighted by Gasteiger charge is 2.41. The molecular formula is C17H14FN3O2. The Bertz CT molecular complexity index is 772. The predicted octanol–water partition coefficient (Wildman–Crippen LogP) is 2.39. The Morgan fingerprint density at radius 2 is 1.74 bits per heavy atom. The highest BCUT2D eigenvalue weighted by atomic mass is 19.1. The monoisotopic (exact) mass is 311 g/mol. The zero-order valence-electron chi connectivity index (χ0n) is 12.1. The van der Waals surface area contributed by atoms with Gasteiger partial charge in [0.2, 0.25) is 11.8 Å². The smallest absolute Gasteiger partial charge is 0.244 e. The number of imide groups is 1. The van der Waals surface area contributed by atoms with Crippen LogP contribution in [0.15, 0.2) is 59.6 Å². The van der Waals surface area contributed by atoms with E-state index >= 15 is 0 Å². The normalized spacial score (nSPS) is 18.6. The van der Waals surface area contributed by atoms with Crippen molar-refractivity contribution < 1.29 is 14.0 Å². The summed E-state index contributed by atoms with van der Waals surface area (Å²) in [5.41, 5.74) is 6.86. The number of anilines is 1. The average molecular weight is 311 g/mol. The molecule has 0 spiro atoms. The van der Waals surface area contributed by atoms with Crippen molar-refractivity contribution in [3.63, 3.8) is 0 Å². The van der Waals surface area contributed by atoms with Crippen LogP contribution in [0.4, 0.5) is 15.8 Å². The molecule has 2 aromatic rings. The number of para-hydroxylation sites is 1. The van der Waals surface area contributed by atoms with Crippen LogP contribution in [0.5, 0.6) is 0 Å². The average Bonchev–Trinajstić information content (AvgIpc) is 2.84. The minimum atomic E-state index is -0.798. The molecule has 1 fully saturated rings. The van der Waals surface area contributed by atoms with E-state index in [2.05, 4.69) is 4.99 Å². The minimum absolute atomic E-state index is 0.0433. The lowest BCUT2D eigenvalue weighted by Crippen LogP contribution is -2.34. The minimum Gasteiger partial charge on any atom is -0.386 e. The lowest BCUT2D eigenvalue weighted by molar-refractivity contribution is -0.121. The second-order valence-corrected chi connectivity index (χ2v) is 5.17. The molecule has 2 N–H and O–H groups in total. The number of halogens is 1. The Balaban J connectivity index is 1.86. The fourth-order valence-corrected chi connectivity index (χ4v) is 2.45. The molecule has 1 aliphatic rings. The molecule has 0 aromatic heterocycles. The van der Waals surface area contributed by atoms with E-state index in [0.29, 0.717) is 11.4 Å². The maximum atomic E-state index is 13.0. The molecule has 0 radical (unpaired) electrons. The number of carbonyl (C=O) groups excluding carboxylic acids is 2. The van der Waals surface area contributed by atoms with Crippen LogP contribution in [-0.4, -0.2) is 17.6 Å². The number of hydrogen-bond donors (Lipinski definition) is 1. The molecule has 23 heavy (non-hydrogen) atoms. The first-order valence-electron chi connectivity index (χ1n) is 7.08. The fourth-order valence-electron chi connectivity index (χ4n) is 2.45. The van der Waals surface area contributed by atoms with Gasteiger partial charge in [-0.05, 0) is 36.4 Å². The summed E-state index contributed by atoms with van der Waals surface area (Å²) < 4.78 is 13.0. The summed E-state index contributed by atoms with van der Waals surface area (Å²) >= 11 is 0. The summed E-state index contributed by atoms with van der Waals surface area (Å²) in [5, 5.41) is 0. The Kier molecular flexibility index (Phi) is 3.89. The van der Waals surface area contributed by atoms with E-state index in [-0.39, 0.29) is 18.2 Å². The number of benzene rings is 2. The maximum Gasteiger partial charge on any atom is 0.244 e. The van der Waals surface area contributed by atoms with Crippen molar-refractivity contribution in [1.29, 1.82) is 0 Å². The molecule has 0 bridgehead atoms. The zero-order valence-corrected chi connectivity index (χ0v) is 12.1. The Morgan fingerprint density at radius 1 is 1.09 bits per heavy atom. The lowest BCUT2D eigenvalue weighted by Gasteiger charge is -2.14. The molecule has 0 saturated carbocycles. The van der Waals surface area contributed by atoms with Gasteiger partial charge in [0.1, 0.15) is 17.6 Å². The third-order valence-electron chi connectivity index (χ3n) is 3.60. The van der Waals surface area contributed by atoms with Crippen LogP contribution in [0.2, 0.25) is 0 Å². The molecule has 0 aliphatic carbocycles. The summed E-state index contributed by atoms with van der Waals surface area (Å²) in [5.74, 6) is -1.96. The first kappa shape index (κ1) is 14.9. The van der Waals surface area contributed by atoms with Crippen molar-refractivity contribution >= 4 is 29.0 Å². The van der Waals surface area contributed by atoms with Crippen LogP contribution in [0.1, 0.15) is 6.42 Å². The molecule has 2 amide bonds. The van der Waals surface area contributed by atoms with Gasteiger partial charge in [0, 0.05) is 6.42 Å². The highest BCUT2D eigenvalue weighted by molar-refractivity contribution is 6.27. The van der Waals surface area contributed by atoms with Crippen molar-refractivity contribution in [2.24, 2.45) is 16.6 Å². The van der Waals surface area contributed by atoms with E-state index in [4.69, 9.17) is 5.73 Å². The molecule has 116 valence electrons. The van der Waals surface area contributed by atoms with Crippen molar-refractivity contribution in [3.8, 4) is 0 Å². The van der Waals surface area contributed by atoms with E-state index in [0.717, 1.165) is 4.90 Å². The van der Waals surface area contributed by atoms with Gasteiger partial charge in [-0.3, -0.25) is 9.59 Å². The molecule has 2 aromatic carbocycles. The topological polar surface area (TPSA) is 75.8 Å². The fraction of sp³-hybridized carbons (Fsp3) is 0.118. The number of hydrogen-bond acceptors (Lipinski definition) is 3. The van der Waals surface area contributed by atoms with Gasteiger partial charge in [-0.2, -0.15) is 0 Å². The number of nitrogens with zero attached hydrogens (tertiary/aromatic N) is 2. The van der Waals surface area contributed by atoms with Crippen molar-refractivity contribution in [1.82, 2.24) is 0 Å². The van der Waals surface area contributed by atoms with Crippen molar-refractivity contribution in [3.05, 3.63) is 60.4 Å². The van der Waals surface area contributed by atoms with Gasteiger partial charge in [0.05, 0.1) is 11.4 Å². The molecule has 5 nitrogen and oxygen atoms in total. The first-order valence-corrected chi connectivity index (χ1v) is 7.08. The number of rotatable bonds is 3. The van der Waals surface area contributed by atoms with Crippen LogP contribution in [0, 0.1) is 11.7 Å². The van der Waals surface area contributed by atoms with Crippen molar-refractivity contribution in [2.45, 2.75) is 6.42 Å². The van der Waals surface area contributed by atoms with Crippen LogP contribution in [-0.2, 0) is 9.59 Å². The van der Waals surface area contributed by atoms with Gasteiger partial charge in [0.15, 0.2) is 0 Å². The Morgan fingerprint density at radius 3 is 2.39 bits per heavy atom. The van der Waals surface area contributed by atoms with Crippen LogP contribution < -0.4 is 10.6 Å². The van der Waals surface area contributed by atoms with Gasteiger partial charge in [-0.1, -0.05) is 18.2 Å². The van der Waals surface area contributed by atoms with Crippen molar-refractivity contribution in [2.75, 3.05) is 4.90 Å². The Labute approximate surface area is 132 Å². The summed E-state index contributed by atoms with van der Waals surface area (Å²) in [6.07, 6.45) is -0.0433. The molecule has 1 saturated heterocycles. The Hall–Kier alpha value is -3.02. The second kappa shape index (κ2) is 6.00. The van der Waals surface area contributed by atoms with E-state index in [9.17, 15) is 14.0 Å². The third kappa shape index (κ3) is 2.96. The highest BCUT2D eigenvalue weighted by Crippen LogP contribution is 2.27. The molecule has 6 heteroatoms. The number of nitrogens with two attached hydrogens (primary N) is 1. The molecule has 1 atom stereocenters. The lowest BCUT2D eigenvalue weighted by atomic mass is 10.1. The number of carbonyl (C=O) groups is 2. The third-order valence-corrected chi connectivity index (χ3v) is 3.60. The van der Waals surface area contributed by atoms with E-state index < -0.39 is 17.6 Å². The number of amides is 2. The molecule has 0 unspecified atom stereocenters. The quantitative estimate of drug-likeness (QED) is 0.537. The predicted molar refractivity (Wildman–Crippen MR) is 84.7 cm³/mol. The van der Waals surface area contributed by atoms with E-state index in [1.165, 1.54) is 24.3 Å². The van der Waals surface area contributed by atoms with Crippen LogP contribution >= 0.6 is 0 Å². The standard InChI is InChI=1S/C17H14FN3O2/c18-11-6-8-13(9-7-11)21-15(22)10-14(17(21)23)16(19)20-12-4-2-1-3-5-12/h1-9,14H,10H2,(H2,19,20)/t14-/m0/s1. The second-order valence-electron chi connectivity index (χ2n) is 5.17. The van der Waals surface area contributed by atoms with Crippen LogP contribution in [0.25, 0.3) is 0 Å². The molecule has 1 aliphatic heterocycles. The largest absolute Gasteiger partial charge is 0.386 e. The molecule has 1 heterocycles. The first-order chi connectivity index (χ1) is 11.1. The maximum absolute atomic E-state index is 13.0. The van der Waals surface area contributed by atoms with Gasteiger partial charge in [-0.15, -0.1) is 0 Å². The molecular weight excluding hydrogens is 297 g/mol. The number of amidine groups is 1. The van der Waals surface area contributed by atoms with E-state index in [1.807, 2.05) is 6.07 Å². The summed E-state index contributed by atoms with van der Waals surface area (Å²) in [7, 11) is 0. The molecule has 3 rings (SSSR count). The number of aliphatic imine (C=N–C) groups is 1. The summed E-state index contributed by atoms with van der Waals surface area (Å²) in [4.78, 5) is 29.8.